The first-order valence-corrected chi connectivity index (χ1v) is 6.46. The van der Waals surface area contributed by atoms with Gasteiger partial charge in [-0.1, -0.05) is 22.0 Å². The monoisotopic (exact) mass is 334 g/mol. The molecule has 0 aliphatic rings. The minimum absolute atomic E-state index is 0.109. The molecule has 0 radical (unpaired) electrons. The second-order valence-corrected chi connectivity index (χ2v) is 4.87. The lowest BCUT2D eigenvalue weighted by Gasteiger charge is -2.02. The van der Waals surface area contributed by atoms with Crippen molar-refractivity contribution in [1.82, 2.24) is 0 Å². The highest BCUT2D eigenvalue weighted by Crippen LogP contribution is 2.20. The number of aromatic carboxylic acids is 1. The van der Waals surface area contributed by atoms with Crippen LogP contribution in [0.4, 0.5) is 5.69 Å². The fourth-order valence-electron chi connectivity index (χ4n) is 1.53. The molecule has 0 amide bonds. The van der Waals surface area contributed by atoms with E-state index in [0.717, 1.165) is 4.47 Å². The number of carbonyl (C=O) groups is 1. The molecule has 0 bridgehead atoms. The minimum Gasteiger partial charge on any atom is -0.507 e. The van der Waals surface area contributed by atoms with E-state index in [1.807, 2.05) is 0 Å². The molecule has 20 heavy (non-hydrogen) atoms. The van der Waals surface area contributed by atoms with E-state index < -0.39 is 5.97 Å². The molecule has 2 aromatic rings. The van der Waals surface area contributed by atoms with E-state index >= 15 is 0 Å². The number of hydrazone groups is 1. The number of benzene rings is 2. The molecule has 5 nitrogen and oxygen atoms in total. The summed E-state index contributed by atoms with van der Waals surface area (Å²) >= 11 is 3.30. The van der Waals surface area contributed by atoms with E-state index in [2.05, 4.69) is 26.5 Å². The van der Waals surface area contributed by atoms with Crippen LogP contribution in [-0.4, -0.2) is 22.4 Å². The molecule has 0 saturated carbocycles. The fourth-order valence-corrected chi connectivity index (χ4v) is 1.91. The van der Waals surface area contributed by atoms with Crippen LogP contribution in [0.2, 0.25) is 0 Å². The molecule has 0 atom stereocenters. The molecular weight excluding hydrogens is 324 g/mol. The summed E-state index contributed by atoms with van der Waals surface area (Å²) < 4.78 is 0.824. The predicted octanol–water partition coefficient (Wildman–Crippen LogP) is 3.30. The number of phenols is 1. The Hall–Kier alpha value is -2.34. The first kappa shape index (κ1) is 14.1. The number of phenolic OH excluding ortho intramolecular Hbond substituents is 1. The number of hydrogen-bond donors (Lipinski definition) is 3. The van der Waals surface area contributed by atoms with Crippen molar-refractivity contribution in [2.75, 3.05) is 5.43 Å². The van der Waals surface area contributed by atoms with E-state index in [1.165, 1.54) is 18.3 Å². The Morgan fingerprint density at radius 2 is 2.05 bits per heavy atom. The van der Waals surface area contributed by atoms with Gasteiger partial charge >= 0.3 is 5.97 Å². The van der Waals surface area contributed by atoms with Gasteiger partial charge in [-0.25, -0.2) is 4.79 Å². The van der Waals surface area contributed by atoms with Crippen LogP contribution in [0.25, 0.3) is 0 Å². The third kappa shape index (κ3) is 3.58. The number of nitrogens with one attached hydrogen (secondary N) is 1. The van der Waals surface area contributed by atoms with Gasteiger partial charge < -0.3 is 10.2 Å². The molecule has 0 aliphatic carbocycles. The largest absolute Gasteiger partial charge is 0.507 e. The van der Waals surface area contributed by atoms with Crippen molar-refractivity contribution in [1.29, 1.82) is 0 Å². The van der Waals surface area contributed by atoms with Crippen LogP contribution in [0.1, 0.15) is 15.9 Å². The Bertz CT molecular complexity index is 671. The normalized spacial score (nSPS) is 10.7. The summed E-state index contributed by atoms with van der Waals surface area (Å²) in [6.07, 6.45) is 1.45. The molecule has 0 fully saturated rings. The Kier molecular flexibility index (Phi) is 4.37. The van der Waals surface area contributed by atoms with Crippen molar-refractivity contribution < 1.29 is 15.0 Å². The van der Waals surface area contributed by atoms with Crippen molar-refractivity contribution in [3.05, 3.63) is 58.1 Å². The summed E-state index contributed by atoms with van der Waals surface area (Å²) in [5.41, 5.74) is 3.99. The lowest BCUT2D eigenvalue weighted by atomic mass is 10.2. The third-order valence-corrected chi connectivity index (χ3v) is 2.99. The van der Waals surface area contributed by atoms with Crippen molar-refractivity contribution >= 4 is 33.8 Å². The second-order valence-electron chi connectivity index (χ2n) is 3.96. The van der Waals surface area contributed by atoms with Gasteiger partial charge in [0.05, 0.1) is 17.5 Å². The quantitative estimate of drug-likeness (QED) is 0.591. The zero-order chi connectivity index (χ0) is 14.5. The van der Waals surface area contributed by atoms with Gasteiger partial charge in [-0.3, -0.25) is 5.43 Å². The van der Waals surface area contributed by atoms with Gasteiger partial charge in [-0.15, -0.1) is 0 Å². The molecule has 0 heterocycles. The molecule has 6 heteroatoms. The van der Waals surface area contributed by atoms with Crippen molar-refractivity contribution in [3.8, 4) is 5.75 Å². The lowest BCUT2D eigenvalue weighted by molar-refractivity contribution is 0.0697. The third-order valence-electron chi connectivity index (χ3n) is 2.50. The summed E-state index contributed by atoms with van der Waals surface area (Å²) in [5, 5.41) is 22.5. The molecule has 102 valence electrons. The Labute approximate surface area is 123 Å². The van der Waals surface area contributed by atoms with Crippen LogP contribution in [0, 0.1) is 0 Å². The predicted molar refractivity (Wildman–Crippen MR) is 80.4 cm³/mol. The summed E-state index contributed by atoms with van der Waals surface area (Å²) in [5.74, 6) is -0.889. The maximum absolute atomic E-state index is 10.8. The molecule has 0 unspecified atom stereocenters. The van der Waals surface area contributed by atoms with Gasteiger partial charge in [-0.2, -0.15) is 5.10 Å². The fraction of sp³-hybridized carbons (Fsp3) is 0. The highest BCUT2D eigenvalue weighted by Gasteiger charge is 2.02. The Morgan fingerprint density at radius 1 is 1.25 bits per heavy atom. The molecule has 2 rings (SSSR count). The Morgan fingerprint density at radius 3 is 2.80 bits per heavy atom. The van der Waals surface area contributed by atoms with Gasteiger partial charge in [0, 0.05) is 10.0 Å². The van der Waals surface area contributed by atoms with Crippen LogP contribution < -0.4 is 5.43 Å². The summed E-state index contributed by atoms with van der Waals surface area (Å²) in [7, 11) is 0. The maximum Gasteiger partial charge on any atom is 0.335 e. The first-order valence-electron chi connectivity index (χ1n) is 5.67. The van der Waals surface area contributed by atoms with Gasteiger partial charge in [0.15, 0.2) is 0 Å². The lowest BCUT2D eigenvalue weighted by Crippen LogP contribution is -1.97. The SMILES string of the molecule is O=C(O)c1cccc(NN=Cc2cc(Br)ccc2O)c1. The van der Waals surface area contributed by atoms with E-state index in [9.17, 15) is 9.90 Å². The number of halogens is 1. The maximum atomic E-state index is 10.8. The molecule has 0 aliphatic heterocycles. The standard InChI is InChI=1S/C14H11BrN2O3/c15-11-4-5-13(18)10(6-11)8-16-17-12-3-1-2-9(7-12)14(19)20/h1-8,17-18H,(H,19,20). The van der Waals surface area contributed by atoms with E-state index in [-0.39, 0.29) is 11.3 Å². The summed E-state index contributed by atoms with van der Waals surface area (Å²) in [6.45, 7) is 0. The summed E-state index contributed by atoms with van der Waals surface area (Å²) in [4.78, 5) is 10.8. The number of nitrogens with zero attached hydrogens (tertiary/aromatic N) is 1. The van der Waals surface area contributed by atoms with Crippen molar-refractivity contribution in [2.45, 2.75) is 0 Å². The molecular formula is C14H11BrN2O3. The van der Waals surface area contributed by atoms with Crippen LogP contribution in [0.3, 0.4) is 0 Å². The van der Waals surface area contributed by atoms with Crippen LogP contribution in [-0.2, 0) is 0 Å². The van der Waals surface area contributed by atoms with Gasteiger partial charge in [0.2, 0.25) is 0 Å². The van der Waals surface area contributed by atoms with Crippen LogP contribution in [0.5, 0.6) is 5.75 Å². The van der Waals surface area contributed by atoms with E-state index in [0.29, 0.717) is 11.3 Å². The zero-order valence-corrected chi connectivity index (χ0v) is 11.8. The topological polar surface area (TPSA) is 81.9 Å². The number of anilines is 1. The first-order chi connectivity index (χ1) is 9.56. The highest BCUT2D eigenvalue weighted by molar-refractivity contribution is 9.10. The smallest absolute Gasteiger partial charge is 0.335 e. The number of hydrogen-bond acceptors (Lipinski definition) is 4. The molecule has 0 spiro atoms. The second kappa shape index (κ2) is 6.21. The molecule has 0 saturated heterocycles. The van der Waals surface area contributed by atoms with Crippen LogP contribution >= 0.6 is 15.9 Å². The zero-order valence-electron chi connectivity index (χ0n) is 10.2. The summed E-state index contributed by atoms with van der Waals surface area (Å²) in [6, 6.07) is 11.3. The average Bonchev–Trinajstić information content (AvgIpc) is 2.43. The average molecular weight is 335 g/mol. The van der Waals surface area contributed by atoms with Crippen molar-refractivity contribution in [3.63, 3.8) is 0 Å². The van der Waals surface area contributed by atoms with Crippen LogP contribution in [0.15, 0.2) is 52.0 Å². The highest BCUT2D eigenvalue weighted by atomic mass is 79.9. The minimum atomic E-state index is -0.998. The molecule has 3 N–H and O–H groups in total. The van der Waals surface area contributed by atoms with Gasteiger partial charge in [0.25, 0.3) is 0 Å². The number of carboxylic acids is 1. The number of rotatable bonds is 4. The number of aromatic hydroxyl groups is 1. The molecule has 2 aromatic carbocycles. The van der Waals surface area contributed by atoms with E-state index in [4.69, 9.17) is 5.11 Å². The molecule has 0 aromatic heterocycles. The van der Waals surface area contributed by atoms with Gasteiger partial charge in [0.1, 0.15) is 5.75 Å². The number of carboxylic acid groups (broad SMARTS) is 1. The Balaban J connectivity index is 2.12. The van der Waals surface area contributed by atoms with Gasteiger partial charge in [-0.05, 0) is 36.4 Å². The van der Waals surface area contributed by atoms with Crippen molar-refractivity contribution in [2.24, 2.45) is 5.10 Å². The van der Waals surface area contributed by atoms with E-state index in [1.54, 1.807) is 30.3 Å².